The van der Waals surface area contributed by atoms with Gasteiger partial charge in [0.25, 0.3) is 5.91 Å². The molecule has 1 amide bonds. The van der Waals surface area contributed by atoms with Gasteiger partial charge in [0.1, 0.15) is 11.5 Å². The van der Waals surface area contributed by atoms with E-state index in [4.69, 9.17) is 14.5 Å². The third kappa shape index (κ3) is 5.03. The molecular formula is C28H28BrN3O3S. The topological polar surface area (TPSA) is 63.2 Å². The number of hydrogen-bond donors (Lipinski definition) is 1. The minimum Gasteiger partial charge on any atom is -0.497 e. The number of ether oxygens (including phenoxy) is 2. The molecule has 0 aromatic heterocycles. The average Bonchev–Trinajstić information content (AvgIpc) is 3.28. The van der Waals surface area contributed by atoms with Crippen LogP contribution in [0.3, 0.4) is 0 Å². The number of carbonyl (C=O) groups is 1. The summed E-state index contributed by atoms with van der Waals surface area (Å²) in [6, 6.07) is 23.7. The second-order valence-corrected chi connectivity index (χ2v) is 11.2. The molecule has 0 unspecified atom stereocenters. The predicted molar refractivity (Wildman–Crippen MR) is 148 cm³/mol. The molecule has 1 saturated heterocycles. The number of aliphatic imine (C=N–C) groups is 1. The molecule has 5 rings (SSSR count). The summed E-state index contributed by atoms with van der Waals surface area (Å²) in [7, 11) is 3.35. The molecule has 2 heterocycles. The van der Waals surface area contributed by atoms with Crippen LogP contribution in [-0.4, -0.2) is 49.8 Å². The van der Waals surface area contributed by atoms with Gasteiger partial charge in [-0.2, -0.15) is 0 Å². The number of fused-ring (bicyclic) bond motifs is 1. The summed E-state index contributed by atoms with van der Waals surface area (Å²) >= 11 is 5.33. The van der Waals surface area contributed by atoms with Crippen LogP contribution < -0.4 is 14.8 Å². The summed E-state index contributed by atoms with van der Waals surface area (Å²) in [6.07, 6.45) is 0. The van der Waals surface area contributed by atoms with Gasteiger partial charge in [-0.05, 0) is 35.9 Å². The molecular weight excluding hydrogens is 538 g/mol. The molecule has 0 spiro atoms. The maximum absolute atomic E-state index is 12.9. The molecule has 3 aromatic carbocycles. The van der Waals surface area contributed by atoms with Crippen LogP contribution in [-0.2, 0) is 11.3 Å². The molecule has 0 saturated carbocycles. The zero-order chi connectivity index (χ0) is 25.1. The normalized spacial score (nSPS) is 21.4. The van der Waals surface area contributed by atoms with Gasteiger partial charge in [-0.15, -0.1) is 0 Å². The number of amides is 1. The average molecular weight is 567 g/mol. The van der Waals surface area contributed by atoms with E-state index in [2.05, 4.69) is 50.4 Å². The maximum atomic E-state index is 12.9. The Bertz CT molecular complexity index is 1290. The Morgan fingerprint density at radius 1 is 1.11 bits per heavy atom. The molecule has 0 bridgehead atoms. The first-order valence-electron chi connectivity index (χ1n) is 11.8. The number of halogens is 1. The molecule has 186 valence electrons. The Hall–Kier alpha value is -2.81. The first-order valence-corrected chi connectivity index (χ1v) is 13.4. The van der Waals surface area contributed by atoms with Gasteiger partial charge in [0.15, 0.2) is 5.17 Å². The standard InChI is InChI=1S/C28H28BrN3O3S/c1-34-24-12-11-20(25(14-24)35-2)16-32-17-22-15-30-27(31-26(33)19-7-4-3-5-8-19)36-28(22,18-32)21-9-6-10-23(29)13-21/h3-14,22H,15-18H2,1-2H3,(H,30,31,33)/t22-,28+/m0/s1. The van der Waals surface area contributed by atoms with Crippen molar-refractivity contribution in [2.45, 2.75) is 11.3 Å². The summed E-state index contributed by atoms with van der Waals surface area (Å²) in [5.41, 5.74) is 2.97. The van der Waals surface area contributed by atoms with E-state index in [1.165, 1.54) is 5.56 Å². The fraction of sp³-hybridized carbons (Fsp3) is 0.286. The van der Waals surface area contributed by atoms with Crippen molar-refractivity contribution in [2.75, 3.05) is 33.9 Å². The molecule has 1 fully saturated rings. The largest absolute Gasteiger partial charge is 0.497 e. The summed E-state index contributed by atoms with van der Waals surface area (Å²) < 4.78 is 11.8. The lowest BCUT2D eigenvalue weighted by Crippen LogP contribution is -2.42. The van der Waals surface area contributed by atoms with Crippen LogP contribution >= 0.6 is 27.7 Å². The number of nitrogens with zero attached hydrogens (tertiary/aromatic N) is 2. The highest BCUT2D eigenvalue weighted by atomic mass is 79.9. The Labute approximate surface area is 224 Å². The number of rotatable bonds is 6. The van der Waals surface area contributed by atoms with E-state index in [-0.39, 0.29) is 10.7 Å². The van der Waals surface area contributed by atoms with Gasteiger partial charge in [-0.3, -0.25) is 14.7 Å². The van der Waals surface area contributed by atoms with Crippen molar-refractivity contribution in [3.8, 4) is 11.5 Å². The highest BCUT2D eigenvalue weighted by Crippen LogP contribution is 2.51. The number of thioether (sulfide) groups is 1. The quantitative estimate of drug-likeness (QED) is 0.438. The molecule has 3 aromatic rings. The molecule has 36 heavy (non-hydrogen) atoms. The predicted octanol–water partition coefficient (Wildman–Crippen LogP) is 5.33. The van der Waals surface area contributed by atoms with Crippen molar-refractivity contribution >= 4 is 38.8 Å². The lowest BCUT2D eigenvalue weighted by molar-refractivity contribution is 0.0977. The van der Waals surface area contributed by atoms with Crippen molar-refractivity contribution < 1.29 is 14.3 Å². The highest BCUT2D eigenvalue weighted by molar-refractivity contribution is 9.10. The van der Waals surface area contributed by atoms with Crippen LogP contribution in [0.4, 0.5) is 0 Å². The van der Waals surface area contributed by atoms with Crippen LogP contribution in [0, 0.1) is 5.92 Å². The van der Waals surface area contributed by atoms with Gasteiger partial charge >= 0.3 is 0 Å². The first-order chi connectivity index (χ1) is 17.5. The summed E-state index contributed by atoms with van der Waals surface area (Å²) in [5, 5.41) is 3.73. The van der Waals surface area contributed by atoms with Crippen molar-refractivity contribution in [1.29, 1.82) is 0 Å². The van der Waals surface area contributed by atoms with E-state index >= 15 is 0 Å². The number of amidine groups is 1. The second kappa shape index (κ2) is 10.7. The molecule has 2 aliphatic rings. The lowest BCUT2D eigenvalue weighted by atomic mass is 9.87. The van der Waals surface area contributed by atoms with Crippen LogP contribution in [0.5, 0.6) is 11.5 Å². The zero-order valence-corrected chi connectivity index (χ0v) is 22.6. The van der Waals surface area contributed by atoms with Crippen molar-refractivity contribution in [1.82, 2.24) is 10.2 Å². The van der Waals surface area contributed by atoms with E-state index in [0.29, 0.717) is 23.2 Å². The Morgan fingerprint density at radius 3 is 2.69 bits per heavy atom. The SMILES string of the molecule is COc1ccc(CN2C[C@@H]3CN=C(NC(=O)c4ccccc4)S[C@@]3(c3cccc(Br)c3)C2)c(OC)c1. The van der Waals surface area contributed by atoms with Gasteiger partial charge in [-0.25, -0.2) is 0 Å². The molecule has 2 atom stereocenters. The molecule has 0 aliphatic carbocycles. The van der Waals surface area contributed by atoms with E-state index < -0.39 is 0 Å². The van der Waals surface area contributed by atoms with E-state index in [1.807, 2.05) is 48.5 Å². The second-order valence-electron chi connectivity index (χ2n) is 9.01. The minimum absolute atomic E-state index is 0.137. The van der Waals surface area contributed by atoms with Crippen LogP contribution in [0.2, 0.25) is 0 Å². The van der Waals surface area contributed by atoms with Gasteiger partial charge < -0.3 is 14.8 Å². The van der Waals surface area contributed by atoms with Gasteiger partial charge in [-0.1, -0.05) is 64.1 Å². The third-order valence-corrected chi connectivity index (χ3v) is 8.77. The number of methoxy groups -OCH3 is 2. The van der Waals surface area contributed by atoms with Crippen LogP contribution in [0.15, 0.2) is 82.3 Å². The fourth-order valence-electron chi connectivity index (χ4n) is 5.01. The summed E-state index contributed by atoms with van der Waals surface area (Å²) in [6.45, 7) is 3.14. The monoisotopic (exact) mass is 565 g/mol. The lowest BCUT2D eigenvalue weighted by Gasteiger charge is -2.37. The molecule has 8 heteroatoms. The molecule has 0 radical (unpaired) electrons. The minimum atomic E-state index is -0.232. The summed E-state index contributed by atoms with van der Waals surface area (Å²) in [5.74, 6) is 1.76. The smallest absolute Gasteiger partial charge is 0.257 e. The Morgan fingerprint density at radius 2 is 1.94 bits per heavy atom. The van der Waals surface area contributed by atoms with Crippen LogP contribution in [0.1, 0.15) is 21.5 Å². The maximum Gasteiger partial charge on any atom is 0.257 e. The van der Waals surface area contributed by atoms with Crippen LogP contribution in [0.25, 0.3) is 0 Å². The Kier molecular flexibility index (Phi) is 7.37. The number of benzene rings is 3. The van der Waals surface area contributed by atoms with E-state index in [1.54, 1.807) is 26.0 Å². The number of nitrogens with one attached hydrogen (secondary N) is 1. The number of carbonyl (C=O) groups excluding carboxylic acids is 1. The fourth-order valence-corrected chi connectivity index (χ4v) is 6.84. The third-order valence-electron chi connectivity index (χ3n) is 6.79. The Balaban J connectivity index is 1.41. The molecule has 1 N–H and O–H groups in total. The zero-order valence-electron chi connectivity index (χ0n) is 20.2. The first kappa shape index (κ1) is 24.9. The molecule has 2 aliphatic heterocycles. The molecule has 6 nitrogen and oxygen atoms in total. The van der Waals surface area contributed by atoms with Gasteiger partial charge in [0, 0.05) is 53.8 Å². The number of likely N-dealkylation sites (tertiary alicyclic amines) is 1. The van der Waals surface area contributed by atoms with Crippen molar-refractivity contribution in [2.24, 2.45) is 10.9 Å². The van der Waals surface area contributed by atoms with Crippen molar-refractivity contribution in [3.05, 3.63) is 94.0 Å². The van der Waals surface area contributed by atoms with Gasteiger partial charge in [0.05, 0.1) is 19.0 Å². The number of hydrogen-bond acceptors (Lipinski definition) is 6. The summed E-state index contributed by atoms with van der Waals surface area (Å²) in [4.78, 5) is 20.1. The van der Waals surface area contributed by atoms with E-state index in [9.17, 15) is 4.79 Å². The van der Waals surface area contributed by atoms with Gasteiger partial charge in [0.2, 0.25) is 0 Å². The highest BCUT2D eigenvalue weighted by Gasteiger charge is 2.51. The van der Waals surface area contributed by atoms with E-state index in [0.717, 1.165) is 41.2 Å². The van der Waals surface area contributed by atoms with Crippen molar-refractivity contribution in [3.63, 3.8) is 0 Å².